The topological polar surface area (TPSA) is 0 Å². The third kappa shape index (κ3) is 24.0. The summed E-state index contributed by atoms with van der Waals surface area (Å²) in [7, 11) is 0.412. The van der Waals surface area contributed by atoms with E-state index in [1.807, 2.05) is 0 Å². The van der Waals surface area contributed by atoms with E-state index < -0.39 is 0 Å². The van der Waals surface area contributed by atoms with Crippen molar-refractivity contribution in [2.75, 3.05) is 55.5 Å². The molecule has 0 spiro atoms. The van der Waals surface area contributed by atoms with Crippen LogP contribution in [0.2, 0.25) is 0 Å². The van der Waals surface area contributed by atoms with Crippen LogP contribution in [-0.2, 0) is 16.5 Å². The fourth-order valence-corrected chi connectivity index (χ4v) is 6.75. The van der Waals surface area contributed by atoms with Crippen LogP contribution in [-0.4, -0.2) is 55.5 Å². The average molecular weight is 416 g/mol. The Balaban J connectivity index is -0.000000108. The molecule has 0 aliphatic rings. The first kappa shape index (κ1) is 31.5. The molecule has 0 bridgehead atoms. The predicted molar refractivity (Wildman–Crippen MR) is 120 cm³/mol. The summed E-state index contributed by atoms with van der Waals surface area (Å²) in [5.74, 6) is 0. The first-order valence-corrected chi connectivity index (χ1v) is 15.9. The Morgan fingerprint density at radius 1 is 0.318 bits per heavy atom. The van der Waals surface area contributed by atoms with Crippen LogP contribution in [0.4, 0.5) is 0 Å². The first-order chi connectivity index (χ1) is 10.0. The van der Waals surface area contributed by atoms with Gasteiger partial charge in [0.25, 0.3) is 0 Å². The Bertz CT molecular complexity index is 111. The van der Waals surface area contributed by atoms with E-state index in [0.717, 1.165) is 0 Å². The van der Waals surface area contributed by atoms with Crippen molar-refractivity contribution in [2.45, 2.75) is 62.3 Å². The van der Waals surface area contributed by atoms with Crippen LogP contribution >= 0.6 is 23.8 Å². The van der Waals surface area contributed by atoms with Gasteiger partial charge >= 0.3 is 0 Å². The predicted octanol–water partition coefficient (Wildman–Crippen LogP) is 6.78. The molecule has 0 aromatic rings. The van der Waals surface area contributed by atoms with Crippen LogP contribution in [0.5, 0.6) is 0 Å². The van der Waals surface area contributed by atoms with E-state index in [-0.39, 0.29) is 40.3 Å². The van der Waals surface area contributed by atoms with Crippen molar-refractivity contribution in [3.8, 4) is 0 Å². The fourth-order valence-electron chi connectivity index (χ4n) is 2.25. The summed E-state index contributed by atoms with van der Waals surface area (Å²) in [5, 5.41) is 0. The van der Waals surface area contributed by atoms with Gasteiger partial charge in [0.2, 0.25) is 0 Å². The minimum atomic E-state index is 0. The smallest absolute Gasteiger partial charge is 0.0313 e. The monoisotopic (exact) mass is 415 g/mol. The zero-order valence-corrected chi connectivity index (χ0v) is 21.2. The molecule has 0 amide bonds. The van der Waals surface area contributed by atoms with Crippen LogP contribution in [0.1, 0.15) is 62.3 Å². The zero-order chi connectivity index (χ0) is 17.1. The zero-order valence-electron chi connectivity index (χ0n) is 17.2. The average Bonchev–Trinajstić information content (AvgIpc) is 2.54. The molecule has 0 aliphatic heterocycles. The van der Waals surface area contributed by atoms with Gasteiger partial charge < -0.3 is 0 Å². The van der Waals surface area contributed by atoms with E-state index in [1.54, 1.807) is 0 Å². The molecule has 0 heterocycles. The van der Waals surface area contributed by atoms with Crippen molar-refractivity contribution in [1.29, 1.82) is 0 Å². The van der Waals surface area contributed by atoms with Gasteiger partial charge in [-0.2, -0.15) is 0 Å². The molecule has 0 aromatic carbocycles. The Hall–Kier alpha value is 1.78. The molecule has 22 heavy (non-hydrogen) atoms. The molecule has 0 radical (unpaired) electrons. The van der Waals surface area contributed by atoms with Crippen LogP contribution in [0.15, 0.2) is 0 Å². The van der Waals surface area contributed by atoms with Gasteiger partial charge in [-0.1, -0.05) is 0 Å². The normalized spacial score (nSPS) is 9.82. The van der Waals surface area contributed by atoms with E-state index in [2.05, 4.69) is 62.3 Å². The van der Waals surface area contributed by atoms with E-state index in [4.69, 9.17) is 0 Å². The first-order valence-electron chi connectivity index (χ1n) is 9.55. The quantitative estimate of drug-likeness (QED) is 0.287. The van der Waals surface area contributed by atoms with Crippen LogP contribution < -0.4 is 0 Å². The molecule has 0 saturated carbocycles. The van der Waals surface area contributed by atoms with Gasteiger partial charge in [-0.25, -0.2) is 0 Å². The Kier molecular flexibility index (Phi) is 39.6. The van der Waals surface area contributed by atoms with Crippen molar-refractivity contribution < 1.29 is 16.5 Å². The van der Waals surface area contributed by atoms with Crippen LogP contribution in [0.3, 0.4) is 0 Å². The summed E-state index contributed by atoms with van der Waals surface area (Å²) in [6, 6.07) is 0. The molecule has 0 atom stereocenters. The summed E-state index contributed by atoms with van der Waals surface area (Å²) in [4.78, 5) is 0. The third-order valence-electron chi connectivity index (χ3n) is 4.50. The fraction of sp³-hybridized carbons (Fsp3) is 1.00. The summed E-state index contributed by atoms with van der Waals surface area (Å²) in [5.41, 5.74) is 0. The number of hydrogen-bond acceptors (Lipinski definition) is 0. The second-order valence-corrected chi connectivity index (χ2v) is 16.3. The van der Waals surface area contributed by atoms with Gasteiger partial charge in [0.15, 0.2) is 0 Å². The van der Waals surface area contributed by atoms with Crippen LogP contribution in [0.25, 0.3) is 0 Å². The van der Waals surface area contributed by atoms with Crippen molar-refractivity contribution in [3.05, 3.63) is 0 Å². The standard InChI is InChI=1S/3C6H15P.Ni/c3*1-4-7(5-2)6-3;/h3*4-6H2,1-3H3;/p+3. The van der Waals surface area contributed by atoms with Crippen molar-refractivity contribution in [2.24, 2.45) is 0 Å². The number of hydrogen-bond donors (Lipinski definition) is 0. The Labute approximate surface area is 158 Å². The van der Waals surface area contributed by atoms with Gasteiger partial charge in [-0.3, -0.25) is 0 Å². The van der Waals surface area contributed by atoms with E-state index in [9.17, 15) is 0 Å². The van der Waals surface area contributed by atoms with Crippen molar-refractivity contribution >= 4 is 23.8 Å². The number of rotatable bonds is 9. The van der Waals surface area contributed by atoms with Gasteiger partial charge in [0.05, 0.1) is 55.5 Å². The van der Waals surface area contributed by atoms with Crippen LogP contribution in [0, 0.1) is 0 Å². The largest absolute Gasteiger partial charge is 0.0543 e. The molecule has 0 aliphatic carbocycles. The maximum absolute atomic E-state index is 2.31. The van der Waals surface area contributed by atoms with Gasteiger partial charge in [-0.05, 0) is 86.1 Å². The minimum absolute atomic E-state index is 0. The maximum Gasteiger partial charge on any atom is 0.0543 e. The second-order valence-electron chi connectivity index (χ2n) is 5.43. The molecule has 0 fully saturated rings. The maximum atomic E-state index is 2.31. The van der Waals surface area contributed by atoms with Gasteiger partial charge in [0.1, 0.15) is 0 Å². The van der Waals surface area contributed by atoms with E-state index in [1.165, 1.54) is 55.5 Å². The van der Waals surface area contributed by atoms with Crippen molar-refractivity contribution in [1.82, 2.24) is 0 Å². The molecule has 0 N–H and O–H groups in total. The molecule has 0 rings (SSSR count). The van der Waals surface area contributed by atoms with Gasteiger partial charge in [0, 0.05) is 16.5 Å². The summed E-state index contributed by atoms with van der Waals surface area (Å²) >= 11 is 0. The molecule has 0 saturated heterocycles. The van der Waals surface area contributed by atoms with Crippen molar-refractivity contribution in [3.63, 3.8) is 0 Å². The molecule has 142 valence electrons. The molecule has 0 unspecified atom stereocenters. The molecular formula is C18H48NiP3+3. The summed E-state index contributed by atoms with van der Waals surface area (Å²) < 4.78 is 0. The van der Waals surface area contributed by atoms with Gasteiger partial charge in [-0.15, -0.1) is 0 Å². The SMILES string of the molecule is CC[PH+](CC)CC.CC[PH+](CC)CC.CC[PH+](CC)CC.[Ni]. The Morgan fingerprint density at radius 3 is 0.409 bits per heavy atom. The molecule has 0 nitrogen and oxygen atoms in total. The molecule has 4 heteroatoms. The van der Waals surface area contributed by atoms with E-state index in [0.29, 0.717) is 0 Å². The van der Waals surface area contributed by atoms with E-state index >= 15 is 0 Å². The molecule has 0 aromatic heterocycles. The second kappa shape index (κ2) is 27.6. The Morgan fingerprint density at radius 2 is 0.409 bits per heavy atom. The summed E-state index contributed by atoms with van der Waals surface area (Å²) in [6.45, 7) is 20.8. The molecular weight excluding hydrogens is 368 g/mol. The third-order valence-corrected chi connectivity index (χ3v) is 13.5. The summed E-state index contributed by atoms with van der Waals surface area (Å²) in [6.07, 6.45) is 13.1. The minimum Gasteiger partial charge on any atom is -0.0313 e.